The second-order valence-corrected chi connectivity index (χ2v) is 3.03. The Morgan fingerprint density at radius 2 is 0.885 bits per heavy atom. The summed E-state index contributed by atoms with van der Waals surface area (Å²) < 4.78 is 9.83. The number of hydrogen-bond donors (Lipinski definition) is 2. The van der Waals surface area contributed by atoms with E-state index in [2.05, 4.69) is 15.9 Å². The van der Waals surface area contributed by atoms with Gasteiger partial charge in [0.15, 0.2) is 0 Å². The standard InChI is InChI=1S/2C7H8O.CH3Br.CH4.BrH.2ClH.2Na.H2O2/c2*1-8-7-5-3-2-4-6-7;1-2;;;;;;;1-2/h2*2-6H,1H3;1H3;1H4;3*1H;;;1-2H/q;;;;;;;2*+1;/p-2. The van der Waals surface area contributed by atoms with Crippen molar-refractivity contribution in [2.45, 2.75) is 7.43 Å². The minimum atomic E-state index is 0. The molecule has 2 aromatic carbocycles. The van der Waals surface area contributed by atoms with Crippen molar-refractivity contribution in [3.8, 4) is 11.5 Å². The first kappa shape index (κ1) is 50.8. The molecular weight excluding hydrogens is 533 g/mol. The van der Waals surface area contributed by atoms with Gasteiger partial charge in [-0.3, -0.25) is 10.5 Å². The van der Waals surface area contributed by atoms with E-state index in [1.54, 1.807) is 14.2 Å². The summed E-state index contributed by atoms with van der Waals surface area (Å²) in [6.07, 6.45) is 0. The summed E-state index contributed by atoms with van der Waals surface area (Å²) >= 11 is 2.94. The predicted molar refractivity (Wildman–Crippen MR) is 100 cm³/mol. The first-order chi connectivity index (χ1) is 9.86. The molecule has 0 radical (unpaired) electrons. The summed E-state index contributed by atoms with van der Waals surface area (Å²) in [6.45, 7) is 0. The minimum absolute atomic E-state index is 0. The van der Waals surface area contributed by atoms with Crippen LogP contribution in [0.15, 0.2) is 60.7 Å². The Balaban J connectivity index is -0.0000000292. The van der Waals surface area contributed by atoms with Crippen LogP contribution in [0, 0.1) is 0 Å². The molecule has 0 aliphatic heterocycles. The number of ether oxygens (including phenoxy) is 2. The third kappa shape index (κ3) is 33.1. The molecule has 2 aromatic rings. The summed E-state index contributed by atoms with van der Waals surface area (Å²) in [5.41, 5.74) is 0. The molecule has 144 valence electrons. The van der Waals surface area contributed by atoms with E-state index in [0.29, 0.717) is 0 Å². The van der Waals surface area contributed by atoms with E-state index in [1.165, 1.54) is 0 Å². The number of methoxy groups -OCH3 is 2. The molecule has 0 aliphatic carbocycles. The molecule has 0 aliphatic rings. The van der Waals surface area contributed by atoms with Gasteiger partial charge >= 0.3 is 59.1 Å². The monoisotopic (exact) mass is 556 g/mol. The molecule has 0 saturated carbocycles. The maximum Gasteiger partial charge on any atom is 1.00 e. The second kappa shape index (κ2) is 45.3. The number of hydrogen-bond acceptors (Lipinski definition) is 4. The largest absolute Gasteiger partial charge is 1.00 e. The maximum atomic E-state index is 6.00. The average Bonchev–Trinajstić information content (AvgIpc) is 2.60. The van der Waals surface area contributed by atoms with Crippen molar-refractivity contribution in [3.05, 3.63) is 60.7 Å². The van der Waals surface area contributed by atoms with Crippen LogP contribution in [0.25, 0.3) is 0 Å². The summed E-state index contributed by atoms with van der Waals surface area (Å²) in [5, 5.41) is 12.0. The van der Waals surface area contributed by atoms with E-state index in [9.17, 15) is 0 Å². The topological polar surface area (TPSA) is 58.9 Å². The van der Waals surface area contributed by atoms with Crippen molar-refractivity contribution in [2.75, 3.05) is 20.1 Å². The van der Waals surface area contributed by atoms with Gasteiger partial charge < -0.3 is 38.9 Å². The SMILES string of the molecule is C.CBr.COc1ccccc1.COc1ccccc1.Cl.OO.[Br-].[Cl-].[Na+].[Na+]. The zero-order valence-electron chi connectivity index (χ0n) is 15.0. The van der Waals surface area contributed by atoms with E-state index in [0.717, 1.165) is 11.5 Å². The fourth-order valence-electron chi connectivity index (χ4n) is 1.11. The van der Waals surface area contributed by atoms with E-state index in [1.807, 2.05) is 66.5 Å². The molecule has 0 atom stereocenters. The molecule has 0 unspecified atom stereocenters. The van der Waals surface area contributed by atoms with Crippen LogP contribution < -0.4 is 98.0 Å². The predicted octanol–water partition coefficient (Wildman–Crippen LogP) is -6.51. The first-order valence-corrected chi connectivity index (χ1v) is 7.21. The van der Waals surface area contributed by atoms with Gasteiger partial charge in [0.1, 0.15) is 11.5 Å². The number of halogens is 4. The normalized spacial score (nSPS) is 5.77. The van der Waals surface area contributed by atoms with Gasteiger partial charge in [0, 0.05) is 0 Å². The van der Waals surface area contributed by atoms with Crippen LogP contribution in [0.5, 0.6) is 11.5 Å². The fourth-order valence-corrected chi connectivity index (χ4v) is 1.11. The first-order valence-electron chi connectivity index (χ1n) is 5.62. The molecule has 0 bridgehead atoms. The Labute approximate surface area is 233 Å². The maximum absolute atomic E-state index is 6.00. The molecule has 0 spiro atoms. The molecule has 0 aromatic heterocycles. The Hall–Kier alpha value is 1.50. The van der Waals surface area contributed by atoms with Gasteiger partial charge in [-0.2, -0.15) is 0 Å². The summed E-state index contributed by atoms with van der Waals surface area (Å²) in [4.78, 5) is 0. The van der Waals surface area contributed by atoms with Crippen molar-refractivity contribution in [2.24, 2.45) is 0 Å². The van der Waals surface area contributed by atoms with Gasteiger partial charge in [-0.05, 0) is 30.1 Å². The Kier molecular flexibility index (Phi) is 88.5. The Morgan fingerprint density at radius 1 is 0.692 bits per heavy atom. The summed E-state index contributed by atoms with van der Waals surface area (Å²) in [6, 6.07) is 19.4. The number of rotatable bonds is 2. The zero-order valence-corrected chi connectivity index (χ0v) is 23.8. The summed E-state index contributed by atoms with van der Waals surface area (Å²) in [7, 11) is 3.32. The van der Waals surface area contributed by atoms with Crippen molar-refractivity contribution in [1.82, 2.24) is 0 Å². The van der Waals surface area contributed by atoms with E-state index < -0.39 is 0 Å². The molecule has 26 heavy (non-hydrogen) atoms. The van der Waals surface area contributed by atoms with Crippen LogP contribution in [0.3, 0.4) is 0 Å². The van der Waals surface area contributed by atoms with Crippen LogP contribution in [0.2, 0.25) is 0 Å². The molecule has 10 heteroatoms. The van der Waals surface area contributed by atoms with Crippen LogP contribution in [0.4, 0.5) is 0 Å². The van der Waals surface area contributed by atoms with E-state index in [4.69, 9.17) is 20.0 Å². The molecule has 0 fully saturated rings. The molecule has 2 N–H and O–H groups in total. The van der Waals surface area contributed by atoms with Crippen molar-refractivity contribution in [3.63, 3.8) is 0 Å². The molecule has 4 nitrogen and oxygen atoms in total. The van der Waals surface area contributed by atoms with Crippen molar-refractivity contribution in [1.29, 1.82) is 0 Å². The van der Waals surface area contributed by atoms with Gasteiger partial charge in [-0.1, -0.05) is 59.8 Å². The number of alkyl halides is 1. The zero-order chi connectivity index (χ0) is 15.6. The van der Waals surface area contributed by atoms with E-state index in [-0.39, 0.29) is 108 Å². The van der Waals surface area contributed by atoms with Crippen LogP contribution in [-0.2, 0) is 0 Å². The second-order valence-electron chi connectivity index (χ2n) is 3.03. The number of benzene rings is 2. The van der Waals surface area contributed by atoms with E-state index >= 15 is 0 Å². The Morgan fingerprint density at radius 3 is 1.00 bits per heavy atom. The smallest absolute Gasteiger partial charge is 1.00 e. The van der Waals surface area contributed by atoms with Crippen LogP contribution in [0.1, 0.15) is 7.43 Å². The van der Waals surface area contributed by atoms with Gasteiger partial charge in [0.25, 0.3) is 0 Å². The molecule has 0 heterocycles. The minimum Gasteiger partial charge on any atom is -1.00 e. The Bertz CT molecular complexity index is 366. The van der Waals surface area contributed by atoms with Gasteiger partial charge in [0.2, 0.25) is 0 Å². The number of para-hydroxylation sites is 2. The fraction of sp³-hybridized carbons (Fsp3) is 0.250. The van der Waals surface area contributed by atoms with Gasteiger partial charge in [0.05, 0.1) is 14.2 Å². The quantitative estimate of drug-likeness (QED) is 0.167. The molecular formula is C16H26Br2Cl2Na2O4. The van der Waals surface area contributed by atoms with Gasteiger partial charge in [-0.25, -0.2) is 0 Å². The van der Waals surface area contributed by atoms with Crippen molar-refractivity contribution >= 4 is 28.3 Å². The third-order valence-electron chi connectivity index (χ3n) is 1.96. The van der Waals surface area contributed by atoms with Crippen molar-refractivity contribution < 1.29 is 108 Å². The van der Waals surface area contributed by atoms with Crippen LogP contribution in [-0.4, -0.2) is 30.6 Å². The molecule has 0 saturated heterocycles. The van der Waals surface area contributed by atoms with Crippen LogP contribution >= 0.6 is 28.3 Å². The van der Waals surface area contributed by atoms with Gasteiger partial charge in [-0.15, -0.1) is 12.4 Å². The average molecular weight is 559 g/mol. The molecule has 2 rings (SSSR count). The summed E-state index contributed by atoms with van der Waals surface area (Å²) in [5.74, 6) is 3.63. The third-order valence-corrected chi connectivity index (χ3v) is 1.96. The molecule has 0 amide bonds.